The molecule has 1 N–H and O–H groups in total. The molecule has 4 atom stereocenters. The van der Waals surface area contributed by atoms with Gasteiger partial charge in [-0.05, 0) is 63.8 Å². The summed E-state index contributed by atoms with van der Waals surface area (Å²) in [5, 5.41) is 3.48. The molecule has 3 fully saturated rings. The molecule has 3 aliphatic rings. The van der Waals surface area contributed by atoms with Gasteiger partial charge in [0, 0.05) is 6.04 Å². The molecule has 0 aromatic heterocycles. The lowest BCUT2D eigenvalue weighted by atomic mass is 9.89. The number of nitrogens with one attached hydrogen (secondary N) is 1. The second kappa shape index (κ2) is 5.13. The minimum atomic E-state index is 0.328. The molecule has 2 nitrogen and oxygen atoms in total. The first kappa shape index (κ1) is 12.9. The molecule has 0 bridgehead atoms. The van der Waals surface area contributed by atoms with E-state index in [9.17, 15) is 0 Å². The summed E-state index contributed by atoms with van der Waals surface area (Å²) < 4.78 is 6.47. The minimum absolute atomic E-state index is 0.328. The second-order valence-electron chi connectivity index (χ2n) is 7.00. The molecule has 4 unspecified atom stereocenters. The third-order valence-corrected chi connectivity index (χ3v) is 6.02. The largest absolute Gasteiger partial charge is 0.372 e. The number of rotatable bonds is 3. The Labute approximate surface area is 112 Å². The van der Waals surface area contributed by atoms with Gasteiger partial charge in [-0.3, -0.25) is 0 Å². The highest BCUT2D eigenvalue weighted by Crippen LogP contribution is 2.46. The topological polar surface area (TPSA) is 21.3 Å². The van der Waals surface area contributed by atoms with E-state index in [4.69, 9.17) is 4.74 Å². The molecule has 0 aromatic carbocycles. The van der Waals surface area contributed by atoms with Gasteiger partial charge in [0.05, 0.1) is 11.7 Å². The standard InChI is InChI=1S/C16H29NO/c1-12-13(5-6-15(12)17-2)11-14-7-10-16(18-14)8-3-4-9-16/h12-15,17H,3-11H2,1-2H3. The van der Waals surface area contributed by atoms with Crippen molar-refractivity contribution in [2.45, 2.75) is 82.5 Å². The molecule has 1 heterocycles. The van der Waals surface area contributed by atoms with Crippen molar-refractivity contribution in [1.82, 2.24) is 5.32 Å². The van der Waals surface area contributed by atoms with E-state index >= 15 is 0 Å². The van der Waals surface area contributed by atoms with E-state index < -0.39 is 0 Å². The van der Waals surface area contributed by atoms with Gasteiger partial charge in [0.1, 0.15) is 0 Å². The quantitative estimate of drug-likeness (QED) is 0.829. The smallest absolute Gasteiger partial charge is 0.0687 e. The number of hydrogen-bond acceptors (Lipinski definition) is 2. The van der Waals surface area contributed by atoms with E-state index in [2.05, 4.69) is 19.3 Å². The van der Waals surface area contributed by atoms with Gasteiger partial charge in [-0.2, -0.15) is 0 Å². The average molecular weight is 251 g/mol. The van der Waals surface area contributed by atoms with Gasteiger partial charge in [0.15, 0.2) is 0 Å². The average Bonchev–Trinajstić information content (AvgIpc) is 3.06. The molecule has 3 rings (SSSR count). The Kier molecular flexibility index (Phi) is 3.68. The highest BCUT2D eigenvalue weighted by molar-refractivity contribution is 4.95. The Morgan fingerprint density at radius 2 is 1.89 bits per heavy atom. The summed E-state index contributed by atoms with van der Waals surface area (Å²) in [6.07, 6.45) is 12.8. The van der Waals surface area contributed by atoms with E-state index in [1.807, 2.05) is 0 Å². The Balaban J connectivity index is 1.52. The van der Waals surface area contributed by atoms with Crippen LogP contribution in [-0.4, -0.2) is 24.8 Å². The molecule has 1 saturated heterocycles. The maximum absolute atomic E-state index is 6.47. The van der Waals surface area contributed by atoms with Crippen LogP contribution >= 0.6 is 0 Å². The summed E-state index contributed by atoms with van der Waals surface area (Å²) in [7, 11) is 2.11. The summed E-state index contributed by atoms with van der Waals surface area (Å²) in [6, 6.07) is 0.747. The second-order valence-corrected chi connectivity index (χ2v) is 7.00. The molecule has 18 heavy (non-hydrogen) atoms. The van der Waals surface area contributed by atoms with Gasteiger partial charge in [-0.1, -0.05) is 19.8 Å². The molecule has 0 aromatic rings. The third kappa shape index (κ3) is 2.34. The van der Waals surface area contributed by atoms with E-state index in [0.717, 1.165) is 17.9 Å². The molecule has 0 radical (unpaired) electrons. The molecule has 104 valence electrons. The minimum Gasteiger partial charge on any atom is -0.372 e. The third-order valence-electron chi connectivity index (χ3n) is 6.02. The summed E-state index contributed by atoms with van der Waals surface area (Å²) in [5.41, 5.74) is 0.328. The Hall–Kier alpha value is -0.0800. The zero-order chi connectivity index (χ0) is 12.6. The molecule has 0 amide bonds. The molecular weight excluding hydrogens is 222 g/mol. The van der Waals surface area contributed by atoms with Crippen LogP contribution in [0.5, 0.6) is 0 Å². The zero-order valence-corrected chi connectivity index (χ0v) is 12.1. The van der Waals surface area contributed by atoms with Crippen LogP contribution in [0.1, 0.15) is 64.7 Å². The summed E-state index contributed by atoms with van der Waals surface area (Å²) in [4.78, 5) is 0. The highest BCUT2D eigenvalue weighted by atomic mass is 16.5. The SMILES string of the molecule is CNC1CCC(CC2CCC3(CCCC3)O2)C1C. The fourth-order valence-corrected chi connectivity index (χ4v) is 4.77. The maximum Gasteiger partial charge on any atom is 0.0687 e. The number of ether oxygens (including phenoxy) is 1. The van der Waals surface area contributed by atoms with Crippen molar-refractivity contribution in [1.29, 1.82) is 0 Å². The first-order chi connectivity index (χ1) is 8.72. The van der Waals surface area contributed by atoms with Crippen molar-refractivity contribution in [2.24, 2.45) is 11.8 Å². The van der Waals surface area contributed by atoms with Crippen LogP contribution in [0.15, 0.2) is 0 Å². The molecular formula is C16H29NO. The molecule has 2 heteroatoms. The van der Waals surface area contributed by atoms with E-state index in [0.29, 0.717) is 11.7 Å². The molecule has 1 spiro atoms. The van der Waals surface area contributed by atoms with Crippen LogP contribution in [0.25, 0.3) is 0 Å². The van der Waals surface area contributed by atoms with Crippen molar-refractivity contribution in [3.63, 3.8) is 0 Å². The first-order valence-electron chi connectivity index (χ1n) is 8.07. The lowest BCUT2D eigenvalue weighted by molar-refractivity contribution is -0.0458. The highest BCUT2D eigenvalue weighted by Gasteiger charge is 2.43. The maximum atomic E-state index is 6.47. The van der Waals surface area contributed by atoms with Crippen LogP contribution in [0.4, 0.5) is 0 Å². The van der Waals surface area contributed by atoms with Crippen molar-refractivity contribution < 1.29 is 4.74 Å². The van der Waals surface area contributed by atoms with Gasteiger partial charge in [0.2, 0.25) is 0 Å². The van der Waals surface area contributed by atoms with Crippen LogP contribution in [-0.2, 0) is 4.74 Å². The summed E-state index contributed by atoms with van der Waals surface area (Å²) in [5.74, 6) is 1.72. The van der Waals surface area contributed by atoms with E-state index in [1.54, 1.807) is 0 Å². The first-order valence-corrected chi connectivity index (χ1v) is 8.07. The van der Waals surface area contributed by atoms with Crippen molar-refractivity contribution in [3.05, 3.63) is 0 Å². The van der Waals surface area contributed by atoms with Crippen LogP contribution in [0.2, 0.25) is 0 Å². The normalized spacial score (nSPS) is 43.0. The lowest BCUT2D eigenvalue weighted by Gasteiger charge is -2.26. The van der Waals surface area contributed by atoms with Gasteiger partial charge in [-0.15, -0.1) is 0 Å². The van der Waals surface area contributed by atoms with Gasteiger partial charge in [-0.25, -0.2) is 0 Å². The van der Waals surface area contributed by atoms with Crippen LogP contribution < -0.4 is 5.32 Å². The van der Waals surface area contributed by atoms with E-state index in [-0.39, 0.29) is 0 Å². The lowest BCUT2D eigenvalue weighted by Crippen LogP contribution is -2.31. The van der Waals surface area contributed by atoms with Crippen LogP contribution in [0.3, 0.4) is 0 Å². The zero-order valence-electron chi connectivity index (χ0n) is 12.1. The Morgan fingerprint density at radius 1 is 1.11 bits per heavy atom. The predicted molar refractivity (Wildman–Crippen MR) is 74.7 cm³/mol. The predicted octanol–water partition coefficient (Wildman–Crippen LogP) is 3.50. The molecule has 2 aliphatic carbocycles. The summed E-state index contributed by atoms with van der Waals surface area (Å²) in [6.45, 7) is 2.43. The van der Waals surface area contributed by atoms with Crippen LogP contribution in [0, 0.1) is 11.8 Å². The van der Waals surface area contributed by atoms with Crippen molar-refractivity contribution in [3.8, 4) is 0 Å². The van der Waals surface area contributed by atoms with Crippen molar-refractivity contribution >= 4 is 0 Å². The monoisotopic (exact) mass is 251 g/mol. The molecule has 1 aliphatic heterocycles. The van der Waals surface area contributed by atoms with E-state index in [1.165, 1.54) is 57.8 Å². The molecule has 2 saturated carbocycles. The van der Waals surface area contributed by atoms with Gasteiger partial charge < -0.3 is 10.1 Å². The Bertz CT molecular complexity index is 285. The number of hydrogen-bond donors (Lipinski definition) is 1. The fraction of sp³-hybridized carbons (Fsp3) is 1.00. The van der Waals surface area contributed by atoms with Gasteiger partial charge >= 0.3 is 0 Å². The fourth-order valence-electron chi connectivity index (χ4n) is 4.77. The van der Waals surface area contributed by atoms with Gasteiger partial charge in [0.25, 0.3) is 0 Å². The Morgan fingerprint density at radius 3 is 2.56 bits per heavy atom. The van der Waals surface area contributed by atoms with Crippen molar-refractivity contribution in [2.75, 3.05) is 7.05 Å². The summed E-state index contributed by atoms with van der Waals surface area (Å²) >= 11 is 0.